The van der Waals surface area contributed by atoms with Crippen molar-refractivity contribution in [2.24, 2.45) is 7.05 Å². The van der Waals surface area contributed by atoms with Gasteiger partial charge >= 0.3 is 0 Å². The summed E-state index contributed by atoms with van der Waals surface area (Å²) in [6.07, 6.45) is 12.8. The van der Waals surface area contributed by atoms with Crippen LogP contribution in [0.1, 0.15) is 44.1 Å². The number of imidazole rings is 1. The van der Waals surface area contributed by atoms with Crippen LogP contribution in [0.2, 0.25) is 5.02 Å². The Labute approximate surface area is 256 Å². The number of nitrogens with zero attached hydrogens (tertiary/aromatic N) is 6. The summed E-state index contributed by atoms with van der Waals surface area (Å²) in [6.45, 7) is 5.86. The zero-order valence-corrected chi connectivity index (χ0v) is 25.6. The average Bonchev–Trinajstić information content (AvgIpc) is 3.43. The van der Waals surface area contributed by atoms with Gasteiger partial charge in [-0.3, -0.25) is 9.88 Å². The molecule has 42 heavy (non-hydrogen) atoms. The highest BCUT2D eigenvalue weighted by Gasteiger charge is 2.20. The minimum Gasteiger partial charge on any atom is -0.490 e. The number of ether oxygens (including phenoxy) is 1. The molecule has 0 unspecified atom stereocenters. The molecule has 2 fully saturated rings. The number of fused-ring (bicyclic) bond motifs is 1. The van der Waals surface area contributed by atoms with E-state index in [9.17, 15) is 5.26 Å². The molecule has 0 bridgehead atoms. The van der Waals surface area contributed by atoms with Crippen LogP contribution in [0.25, 0.3) is 10.9 Å². The van der Waals surface area contributed by atoms with Crippen molar-refractivity contribution in [3.8, 4) is 11.8 Å². The van der Waals surface area contributed by atoms with E-state index in [0.29, 0.717) is 22.9 Å². The summed E-state index contributed by atoms with van der Waals surface area (Å²) in [6, 6.07) is 12.4. The molecular formula is C32H36ClN7OS. The van der Waals surface area contributed by atoms with E-state index in [-0.39, 0.29) is 0 Å². The minimum absolute atomic E-state index is 0.468. The minimum atomic E-state index is 0.468. The quantitative estimate of drug-likeness (QED) is 0.215. The second kappa shape index (κ2) is 13.2. The molecule has 0 aliphatic carbocycles. The first kappa shape index (κ1) is 28.7. The largest absolute Gasteiger partial charge is 0.490 e. The molecule has 2 aromatic heterocycles. The summed E-state index contributed by atoms with van der Waals surface area (Å²) in [5.41, 5.74) is 3.88. The van der Waals surface area contributed by atoms with Crippen LogP contribution in [0.5, 0.6) is 5.75 Å². The Balaban J connectivity index is 1.31. The van der Waals surface area contributed by atoms with E-state index in [2.05, 4.69) is 38.3 Å². The fraction of sp³-hybridized carbons (Fsp3) is 0.406. The maximum Gasteiger partial charge on any atom is 0.172 e. The van der Waals surface area contributed by atoms with Gasteiger partial charge in [0.1, 0.15) is 18.4 Å². The molecule has 2 aliphatic rings. The summed E-state index contributed by atoms with van der Waals surface area (Å²) in [4.78, 5) is 14.9. The van der Waals surface area contributed by atoms with Gasteiger partial charge in [0.05, 0.1) is 27.5 Å². The molecule has 10 heteroatoms. The maximum atomic E-state index is 10.0. The van der Waals surface area contributed by atoms with Gasteiger partial charge in [0.15, 0.2) is 5.16 Å². The Morgan fingerprint density at radius 3 is 2.52 bits per heavy atom. The van der Waals surface area contributed by atoms with Crippen LogP contribution in [0, 0.1) is 11.3 Å². The van der Waals surface area contributed by atoms with E-state index >= 15 is 0 Å². The maximum absolute atomic E-state index is 10.0. The Morgan fingerprint density at radius 2 is 1.81 bits per heavy atom. The summed E-state index contributed by atoms with van der Waals surface area (Å²) in [7, 11) is 1.96. The molecule has 0 atom stereocenters. The van der Waals surface area contributed by atoms with E-state index in [1.165, 1.54) is 50.3 Å². The number of hydrogen-bond acceptors (Lipinski definition) is 8. The second-order valence-corrected chi connectivity index (χ2v) is 12.4. The number of pyridine rings is 1. The predicted molar refractivity (Wildman–Crippen MR) is 170 cm³/mol. The number of rotatable bonds is 9. The van der Waals surface area contributed by atoms with E-state index in [1.807, 2.05) is 36.0 Å². The van der Waals surface area contributed by atoms with E-state index in [4.69, 9.17) is 21.3 Å². The first-order valence-corrected chi connectivity index (χ1v) is 16.0. The molecule has 0 radical (unpaired) electrons. The first-order valence-electron chi connectivity index (χ1n) is 14.8. The second-order valence-electron chi connectivity index (χ2n) is 11.0. The molecular weight excluding hydrogens is 566 g/mol. The van der Waals surface area contributed by atoms with Crippen molar-refractivity contribution >= 4 is 51.3 Å². The fourth-order valence-electron chi connectivity index (χ4n) is 5.75. The Kier molecular flexibility index (Phi) is 9.04. The summed E-state index contributed by atoms with van der Waals surface area (Å²) >= 11 is 8.22. The molecule has 4 heterocycles. The first-order chi connectivity index (χ1) is 20.6. The molecule has 1 N–H and O–H groups in total. The number of nitrogens with one attached hydrogen (secondary N) is 1. The van der Waals surface area contributed by atoms with Crippen LogP contribution in [0.4, 0.5) is 17.1 Å². The van der Waals surface area contributed by atoms with Crippen LogP contribution in [-0.4, -0.2) is 58.8 Å². The highest BCUT2D eigenvalue weighted by Crippen LogP contribution is 2.40. The monoisotopic (exact) mass is 601 g/mol. The molecule has 2 saturated heterocycles. The third kappa shape index (κ3) is 6.46. The molecule has 6 rings (SSSR count). The standard InChI is InChI=1S/C32H36ClN7OS/c1-38-15-10-35-32(38)42-30-9-8-24(18-26(30)33)37-31-23(21-34)22-36-27-20-28(40-13-6-3-7-14-40)29(19-25(27)31)41-17-16-39-11-4-2-5-12-39/h8-10,15,18-20,22H,2-7,11-14,16-17H2,1H3,(H,36,37). The highest BCUT2D eigenvalue weighted by atomic mass is 35.5. The SMILES string of the molecule is Cn1ccnc1Sc1ccc(Nc2c(C#N)cnc3cc(N4CCCCC4)c(OCCN4CCCCC4)cc23)cc1Cl. The van der Waals surface area contributed by atoms with Gasteiger partial charge in [-0.15, -0.1) is 0 Å². The van der Waals surface area contributed by atoms with Crippen LogP contribution in [0.3, 0.4) is 0 Å². The molecule has 0 amide bonds. The third-order valence-corrected chi connectivity index (χ3v) is 9.64. The number of aromatic nitrogens is 3. The van der Waals surface area contributed by atoms with Gasteiger partial charge in [-0.2, -0.15) is 5.26 Å². The molecule has 2 aliphatic heterocycles. The summed E-state index contributed by atoms with van der Waals surface area (Å²) in [5.74, 6) is 0.848. The summed E-state index contributed by atoms with van der Waals surface area (Å²) in [5, 5.41) is 15.8. The Hall–Kier alpha value is -3.45. The fourth-order valence-corrected chi connectivity index (χ4v) is 6.85. The van der Waals surface area contributed by atoms with Crippen molar-refractivity contribution in [3.63, 3.8) is 0 Å². The van der Waals surface area contributed by atoms with Crippen molar-refractivity contribution < 1.29 is 4.74 Å². The van der Waals surface area contributed by atoms with Gasteiger partial charge in [-0.1, -0.05) is 29.8 Å². The molecule has 0 spiro atoms. The zero-order valence-electron chi connectivity index (χ0n) is 24.0. The number of halogens is 1. The molecule has 0 saturated carbocycles. The van der Waals surface area contributed by atoms with E-state index < -0.39 is 0 Å². The number of likely N-dealkylation sites (tertiary alicyclic amines) is 1. The van der Waals surface area contributed by atoms with Crippen LogP contribution < -0.4 is 15.0 Å². The topological polar surface area (TPSA) is 82.2 Å². The van der Waals surface area contributed by atoms with E-state index in [0.717, 1.165) is 70.8 Å². The van der Waals surface area contributed by atoms with E-state index in [1.54, 1.807) is 12.4 Å². The molecule has 2 aromatic carbocycles. The van der Waals surface area contributed by atoms with Crippen molar-refractivity contribution in [1.29, 1.82) is 5.26 Å². The lowest BCUT2D eigenvalue weighted by atomic mass is 10.1. The van der Waals surface area contributed by atoms with Gasteiger partial charge in [-0.25, -0.2) is 4.98 Å². The lowest BCUT2D eigenvalue weighted by Gasteiger charge is -2.31. The Bertz CT molecular complexity index is 1590. The number of aryl methyl sites for hydroxylation is 1. The average molecular weight is 602 g/mol. The number of nitriles is 1. The number of hydrogen-bond donors (Lipinski definition) is 1. The normalized spacial score (nSPS) is 16.0. The third-order valence-electron chi connectivity index (χ3n) is 8.06. The van der Waals surface area contributed by atoms with Crippen molar-refractivity contribution in [3.05, 3.63) is 59.5 Å². The molecule has 4 aromatic rings. The van der Waals surface area contributed by atoms with Gasteiger partial charge in [0.2, 0.25) is 0 Å². The highest BCUT2D eigenvalue weighted by molar-refractivity contribution is 7.99. The van der Waals surface area contributed by atoms with Crippen LogP contribution in [-0.2, 0) is 7.05 Å². The zero-order chi connectivity index (χ0) is 28.9. The summed E-state index contributed by atoms with van der Waals surface area (Å²) < 4.78 is 8.48. The number of piperidine rings is 2. The van der Waals surface area contributed by atoms with Gasteiger partial charge in [-0.05, 0) is 75.5 Å². The molecule has 8 nitrogen and oxygen atoms in total. The van der Waals surface area contributed by atoms with Crippen molar-refractivity contribution in [2.45, 2.75) is 48.6 Å². The number of anilines is 3. The van der Waals surface area contributed by atoms with Gasteiger partial charge in [0, 0.05) is 61.2 Å². The van der Waals surface area contributed by atoms with Crippen molar-refractivity contribution in [2.75, 3.05) is 49.5 Å². The Morgan fingerprint density at radius 1 is 1.02 bits per heavy atom. The predicted octanol–water partition coefficient (Wildman–Crippen LogP) is 7.24. The lowest BCUT2D eigenvalue weighted by molar-refractivity contribution is 0.183. The number of benzene rings is 2. The van der Waals surface area contributed by atoms with Crippen molar-refractivity contribution in [1.82, 2.24) is 19.4 Å². The molecule has 218 valence electrons. The van der Waals surface area contributed by atoms with Gasteiger partial charge < -0.3 is 19.5 Å². The van der Waals surface area contributed by atoms with Crippen LogP contribution >= 0.6 is 23.4 Å². The lowest BCUT2D eigenvalue weighted by Crippen LogP contribution is -2.33. The van der Waals surface area contributed by atoms with Crippen LogP contribution in [0.15, 0.2) is 59.0 Å². The van der Waals surface area contributed by atoms with Gasteiger partial charge in [0.25, 0.3) is 0 Å². The smallest absolute Gasteiger partial charge is 0.172 e.